The van der Waals surface area contributed by atoms with E-state index in [0.29, 0.717) is 5.57 Å². The van der Waals surface area contributed by atoms with Crippen LogP contribution < -0.4 is 0 Å². The van der Waals surface area contributed by atoms with Gasteiger partial charge in [-0.05, 0) is 18.1 Å². The number of hydrogen-bond donors (Lipinski definition) is 0. The van der Waals surface area contributed by atoms with Crippen molar-refractivity contribution in [2.45, 2.75) is 19.3 Å². The molecule has 0 N–H and O–H groups in total. The molecule has 0 saturated heterocycles. The van der Waals surface area contributed by atoms with Crippen LogP contribution in [0.1, 0.15) is 24.8 Å². The van der Waals surface area contributed by atoms with Gasteiger partial charge in [-0.3, -0.25) is 9.59 Å². The molecule has 98 valence electrons. The fourth-order valence-electron chi connectivity index (χ4n) is 2.31. The summed E-state index contributed by atoms with van der Waals surface area (Å²) in [6, 6.07) is 9.75. The molecule has 3 heteroatoms. The maximum absolute atomic E-state index is 12.1. The van der Waals surface area contributed by atoms with Crippen LogP contribution in [-0.4, -0.2) is 18.7 Å². The molecule has 0 amide bonds. The average molecular weight is 256 g/mol. The Kier molecular flexibility index (Phi) is 3.95. The first-order valence-corrected chi connectivity index (χ1v) is 6.28. The third-order valence-corrected chi connectivity index (χ3v) is 3.28. The monoisotopic (exact) mass is 256 g/mol. The van der Waals surface area contributed by atoms with Crippen LogP contribution in [0.2, 0.25) is 0 Å². The van der Waals surface area contributed by atoms with Crippen molar-refractivity contribution in [1.29, 1.82) is 0 Å². The molecule has 19 heavy (non-hydrogen) atoms. The highest BCUT2D eigenvalue weighted by molar-refractivity contribution is 6.19. The molecule has 0 bridgehead atoms. The third-order valence-electron chi connectivity index (χ3n) is 3.28. The van der Waals surface area contributed by atoms with Crippen LogP contribution in [0.15, 0.2) is 53.8 Å². The van der Waals surface area contributed by atoms with E-state index in [9.17, 15) is 9.59 Å². The first-order valence-electron chi connectivity index (χ1n) is 6.28. The Labute approximate surface area is 112 Å². The summed E-state index contributed by atoms with van der Waals surface area (Å²) in [6.07, 6.45) is 3.45. The van der Waals surface area contributed by atoms with Gasteiger partial charge in [-0.2, -0.15) is 0 Å². The van der Waals surface area contributed by atoms with Crippen LogP contribution in [0.5, 0.6) is 0 Å². The third kappa shape index (κ3) is 2.65. The standard InChI is InChI=1S/C16H16O3/c1-3-12(11-7-5-4-6-8-11)13-9-15(18)16(19-2)10-14(13)17/h4-10,12H,3H2,1-2H3/t12-/m1/s1. The van der Waals surface area contributed by atoms with Gasteiger partial charge in [0.15, 0.2) is 11.5 Å². The largest absolute Gasteiger partial charge is 0.493 e. The van der Waals surface area contributed by atoms with Crippen molar-refractivity contribution in [2.75, 3.05) is 7.11 Å². The Morgan fingerprint density at radius 1 is 1.05 bits per heavy atom. The van der Waals surface area contributed by atoms with Gasteiger partial charge in [-0.1, -0.05) is 37.3 Å². The fourth-order valence-corrected chi connectivity index (χ4v) is 2.31. The van der Waals surface area contributed by atoms with Gasteiger partial charge >= 0.3 is 0 Å². The molecule has 1 aromatic carbocycles. The predicted molar refractivity (Wildman–Crippen MR) is 72.7 cm³/mol. The van der Waals surface area contributed by atoms with Crippen molar-refractivity contribution in [3.8, 4) is 0 Å². The van der Waals surface area contributed by atoms with Crippen LogP contribution in [0.25, 0.3) is 0 Å². The second-order valence-electron chi connectivity index (χ2n) is 4.41. The predicted octanol–water partition coefficient (Wildman–Crippen LogP) is 2.79. The topological polar surface area (TPSA) is 43.4 Å². The number of methoxy groups -OCH3 is 1. The van der Waals surface area contributed by atoms with Gasteiger partial charge in [0.25, 0.3) is 0 Å². The summed E-state index contributed by atoms with van der Waals surface area (Å²) in [4.78, 5) is 23.9. The van der Waals surface area contributed by atoms with Gasteiger partial charge < -0.3 is 4.74 Å². The Morgan fingerprint density at radius 2 is 1.74 bits per heavy atom. The summed E-state index contributed by atoms with van der Waals surface area (Å²) >= 11 is 0. The molecular formula is C16H16O3. The number of carbonyl (C=O) groups is 2. The van der Waals surface area contributed by atoms with E-state index >= 15 is 0 Å². The smallest absolute Gasteiger partial charge is 0.220 e. The molecule has 0 heterocycles. The van der Waals surface area contributed by atoms with Crippen molar-refractivity contribution in [3.05, 3.63) is 59.4 Å². The maximum Gasteiger partial charge on any atom is 0.220 e. The lowest BCUT2D eigenvalue weighted by Crippen LogP contribution is -2.18. The molecule has 0 aliphatic heterocycles. The lowest BCUT2D eigenvalue weighted by Gasteiger charge is -2.20. The molecule has 0 fully saturated rings. The molecular weight excluding hydrogens is 240 g/mol. The van der Waals surface area contributed by atoms with Crippen molar-refractivity contribution >= 4 is 11.6 Å². The SMILES string of the molecule is CC[C@@H](C1=CC(=O)C(OC)=CC1=O)c1ccccc1. The summed E-state index contributed by atoms with van der Waals surface area (Å²) in [6.45, 7) is 2.01. The number of ether oxygens (including phenoxy) is 1. The molecule has 0 aromatic heterocycles. The highest BCUT2D eigenvalue weighted by Crippen LogP contribution is 2.30. The van der Waals surface area contributed by atoms with Crippen molar-refractivity contribution in [2.24, 2.45) is 0 Å². The molecule has 1 aliphatic carbocycles. The first-order chi connectivity index (χ1) is 9.17. The minimum Gasteiger partial charge on any atom is -0.493 e. The maximum atomic E-state index is 12.1. The molecule has 3 nitrogen and oxygen atoms in total. The minimum absolute atomic E-state index is 0.0488. The molecule has 1 aromatic rings. The van der Waals surface area contributed by atoms with Gasteiger partial charge in [-0.15, -0.1) is 0 Å². The number of rotatable bonds is 4. The highest BCUT2D eigenvalue weighted by Gasteiger charge is 2.26. The quantitative estimate of drug-likeness (QED) is 0.778. The second kappa shape index (κ2) is 5.65. The lowest BCUT2D eigenvalue weighted by atomic mass is 9.84. The molecule has 2 rings (SSSR count). The summed E-state index contributed by atoms with van der Waals surface area (Å²) in [7, 11) is 1.39. The average Bonchev–Trinajstić information content (AvgIpc) is 2.44. The Bertz CT molecular complexity index is 553. The molecule has 0 saturated carbocycles. The van der Waals surface area contributed by atoms with E-state index in [2.05, 4.69) is 0 Å². The molecule has 1 atom stereocenters. The van der Waals surface area contributed by atoms with Gasteiger partial charge in [0.2, 0.25) is 5.78 Å². The molecule has 0 unspecified atom stereocenters. The number of benzene rings is 1. The lowest BCUT2D eigenvalue weighted by molar-refractivity contribution is -0.117. The van der Waals surface area contributed by atoms with E-state index < -0.39 is 0 Å². The zero-order valence-corrected chi connectivity index (χ0v) is 11.1. The van der Waals surface area contributed by atoms with E-state index in [1.54, 1.807) is 0 Å². The Hall–Kier alpha value is -2.16. The van der Waals surface area contributed by atoms with Gasteiger partial charge in [0.1, 0.15) is 0 Å². The van der Waals surface area contributed by atoms with Crippen molar-refractivity contribution in [3.63, 3.8) is 0 Å². The van der Waals surface area contributed by atoms with E-state index in [1.165, 1.54) is 19.3 Å². The number of ketones is 2. The summed E-state index contributed by atoms with van der Waals surface area (Å²) in [5.41, 5.74) is 1.59. The summed E-state index contributed by atoms with van der Waals surface area (Å²) < 4.78 is 4.89. The number of allylic oxidation sites excluding steroid dienone is 3. The van der Waals surface area contributed by atoms with Crippen molar-refractivity contribution in [1.82, 2.24) is 0 Å². The van der Waals surface area contributed by atoms with Crippen molar-refractivity contribution < 1.29 is 14.3 Å². The first kappa shape index (κ1) is 13.3. The number of carbonyl (C=O) groups excluding carboxylic acids is 2. The van der Waals surface area contributed by atoms with Crippen LogP contribution >= 0.6 is 0 Å². The van der Waals surface area contributed by atoms with E-state index in [0.717, 1.165) is 12.0 Å². The van der Waals surface area contributed by atoms with Crippen LogP contribution in [0.4, 0.5) is 0 Å². The van der Waals surface area contributed by atoms with Gasteiger partial charge in [0, 0.05) is 17.6 Å². The van der Waals surface area contributed by atoms with Crippen LogP contribution in [0.3, 0.4) is 0 Å². The van der Waals surface area contributed by atoms with E-state index in [-0.39, 0.29) is 23.2 Å². The highest BCUT2D eigenvalue weighted by atomic mass is 16.5. The van der Waals surface area contributed by atoms with E-state index in [4.69, 9.17) is 4.74 Å². The van der Waals surface area contributed by atoms with Gasteiger partial charge in [-0.25, -0.2) is 0 Å². The zero-order chi connectivity index (χ0) is 13.8. The van der Waals surface area contributed by atoms with Crippen LogP contribution in [0, 0.1) is 0 Å². The Balaban J connectivity index is 2.36. The Morgan fingerprint density at radius 3 is 2.32 bits per heavy atom. The molecule has 0 spiro atoms. The molecule has 1 aliphatic rings. The molecule has 0 radical (unpaired) electrons. The zero-order valence-electron chi connectivity index (χ0n) is 11.1. The summed E-state index contributed by atoms with van der Waals surface area (Å²) in [5.74, 6) is -0.331. The fraction of sp³-hybridized carbons (Fsp3) is 0.250. The normalized spacial score (nSPS) is 16.7. The number of hydrogen-bond acceptors (Lipinski definition) is 3. The van der Waals surface area contributed by atoms with Gasteiger partial charge in [0.05, 0.1) is 7.11 Å². The van der Waals surface area contributed by atoms with E-state index in [1.807, 2.05) is 37.3 Å². The minimum atomic E-state index is -0.244. The summed E-state index contributed by atoms with van der Waals surface area (Å²) in [5, 5.41) is 0. The second-order valence-corrected chi connectivity index (χ2v) is 4.41. The van der Waals surface area contributed by atoms with Crippen LogP contribution in [-0.2, 0) is 14.3 Å².